The number of hydrogen-bond donors (Lipinski definition) is 0. The minimum atomic E-state index is 0.579. The van der Waals surface area contributed by atoms with Crippen molar-refractivity contribution in [1.82, 2.24) is 0 Å². The van der Waals surface area contributed by atoms with Gasteiger partial charge in [0.1, 0.15) is 11.2 Å². The summed E-state index contributed by atoms with van der Waals surface area (Å²) in [5.74, 6) is 0. The lowest BCUT2D eigenvalue weighted by Crippen LogP contribution is -1.87. The highest BCUT2D eigenvalue weighted by Crippen LogP contribution is 2.37. The van der Waals surface area contributed by atoms with Gasteiger partial charge in [-0.25, -0.2) is 0 Å². The molecule has 1 aromatic heterocycles. The fourth-order valence-electron chi connectivity index (χ4n) is 5.38. The molecule has 0 spiro atoms. The predicted octanol–water partition coefficient (Wildman–Crippen LogP) is 10.00. The number of rotatable bonds is 4. The maximum Gasteiger partial charge on any atom is 0.136 e. The summed E-state index contributed by atoms with van der Waals surface area (Å²) < 4.78 is 6.19. The van der Waals surface area contributed by atoms with Gasteiger partial charge in [-0.05, 0) is 105 Å². The Labute approximate surface area is 237 Å². The molecule has 0 radical (unpaired) electrons. The number of nitriles is 2. The molecule has 3 heteroatoms. The molecule has 190 valence electrons. The number of fused-ring (bicyclic) bond motifs is 3. The molecule has 7 rings (SSSR count). The van der Waals surface area contributed by atoms with Crippen LogP contribution in [0.3, 0.4) is 0 Å². The molecular formula is C38H22N2O. The van der Waals surface area contributed by atoms with Crippen molar-refractivity contribution in [2.45, 2.75) is 0 Å². The largest absolute Gasteiger partial charge is 0.456 e. The predicted molar refractivity (Wildman–Crippen MR) is 165 cm³/mol. The lowest BCUT2D eigenvalue weighted by molar-refractivity contribution is 0.669. The van der Waals surface area contributed by atoms with E-state index in [0.717, 1.165) is 49.7 Å². The van der Waals surface area contributed by atoms with Gasteiger partial charge in [0.2, 0.25) is 0 Å². The molecule has 0 bridgehead atoms. The van der Waals surface area contributed by atoms with Crippen LogP contribution in [0, 0.1) is 22.7 Å². The summed E-state index contributed by atoms with van der Waals surface area (Å²) in [5.41, 5.74) is 11.5. The maximum absolute atomic E-state index is 9.30. The van der Waals surface area contributed by atoms with Gasteiger partial charge in [-0.2, -0.15) is 10.5 Å². The van der Waals surface area contributed by atoms with E-state index < -0.39 is 0 Å². The molecule has 0 aliphatic carbocycles. The molecular weight excluding hydrogens is 500 g/mol. The van der Waals surface area contributed by atoms with Crippen LogP contribution in [0.25, 0.3) is 66.4 Å². The summed E-state index contributed by atoms with van der Waals surface area (Å²) in [6.45, 7) is 0. The Morgan fingerprint density at radius 2 is 0.805 bits per heavy atom. The minimum absolute atomic E-state index is 0.579. The average molecular weight is 523 g/mol. The van der Waals surface area contributed by atoms with E-state index in [-0.39, 0.29) is 0 Å². The van der Waals surface area contributed by atoms with Gasteiger partial charge in [-0.3, -0.25) is 0 Å². The Morgan fingerprint density at radius 3 is 1.41 bits per heavy atom. The van der Waals surface area contributed by atoms with Crippen molar-refractivity contribution < 1.29 is 4.42 Å². The molecule has 0 aliphatic rings. The van der Waals surface area contributed by atoms with Gasteiger partial charge < -0.3 is 4.42 Å². The van der Waals surface area contributed by atoms with Crippen molar-refractivity contribution in [2.24, 2.45) is 0 Å². The number of furan rings is 1. The number of benzene rings is 6. The normalized spacial score (nSPS) is 10.9. The zero-order valence-corrected chi connectivity index (χ0v) is 22.0. The van der Waals surface area contributed by atoms with Crippen LogP contribution >= 0.6 is 0 Å². The van der Waals surface area contributed by atoms with Crippen molar-refractivity contribution in [3.8, 4) is 56.6 Å². The Balaban J connectivity index is 1.36. The summed E-state index contributed by atoms with van der Waals surface area (Å²) in [4.78, 5) is 0. The standard InChI is InChI=1S/C38H22N2O/c39-23-25-6-9-29(10-7-25)32-19-33(30-13-11-28(12-14-30)27-4-2-1-3-5-27)21-34(20-32)31-15-17-36-35-16-8-26(24-40)18-37(35)41-38(36)22-31/h1-22H. The van der Waals surface area contributed by atoms with Crippen molar-refractivity contribution >= 4 is 21.9 Å². The van der Waals surface area contributed by atoms with Crippen LogP contribution in [0.1, 0.15) is 11.1 Å². The smallest absolute Gasteiger partial charge is 0.136 e. The fraction of sp³-hybridized carbons (Fsp3) is 0. The molecule has 0 fully saturated rings. The Bertz CT molecular complexity index is 2140. The van der Waals surface area contributed by atoms with Gasteiger partial charge in [0.25, 0.3) is 0 Å². The minimum Gasteiger partial charge on any atom is -0.456 e. The second-order valence-corrected chi connectivity index (χ2v) is 10.1. The molecule has 3 nitrogen and oxygen atoms in total. The van der Waals surface area contributed by atoms with Crippen molar-refractivity contribution in [3.05, 3.63) is 145 Å². The summed E-state index contributed by atoms with van der Waals surface area (Å²) in [6.07, 6.45) is 0. The van der Waals surface area contributed by atoms with E-state index in [2.05, 4.69) is 97.1 Å². The van der Waals surface area contributed by atoms with Crippen molar-refractivity contribution in [1.29, 1.82) is 10.5 Å². The first-order valence-electron chi connectivity index (χ1n) is 13.4. The Morgan fingerprint density at radius 1 is 0.366 bits per heavy atom. The van der Waals surface area contributed by atoms with Gasteiger partial charge in [-0.15, -0.1) is 0 Å². The molecule has 0 atom stereocenters. The van der Waals surface area contributed by atoms with Gasteiger partial charge in [0.15, 0.2) is 0 Å². The number of hydrogen-bond acceptors (Lipinski definition) is 3. The SMILES string of the molecule is N#Cc1ccc(-c2cc(-c3ccc(-c4ccccc4)cc3)cc(-c3ccc4c(c3)oc3cc(C#N)ccc34)c2)cc1. The van der Waals surface area contributed by atoms with Gasteiger partial charge in [0.05, 0.1) is 23.3 Å². The van der Waals surface area contributed by atoms with E-state index >= 15 is 0 Å². The second kappa shape index (κ2) is 10.0. The first kappa shape index (κ1) is 24.2. The van der Waals surface area contributed by atoms with E-state index in [4.69, 9.17) is 4.42 Å². The van der Waals surface area contributed by atoms with Crippen molar-refractivity contribution in [2.75, 3.05) is 0 Å². The van der Waals surface area contributed by atoms with Gasteiger partial charge in [-0.1, -0.05) is 72.8 Å². The molecule has 41 heavy (non-hydrogen) atoms. The first-order chi connectivity index (χ1) is 20.2. The summed E-state index contributed by atoms with van der Waals surface area (Å²) >= 11 is 0. The third-order valence-electron chi connectivity index (χ3n) is 7.54. The van der Waals surface area contributed by atoms with E-state index in [9.17, 15) is 10.5 Å². The lowest BCUT2D eigenvalue weighted by atomic mass is 9.92. The van der Waals surface area contributed by atoms with Crippen LogP contribution in [0.15, 0.2) is 138 Å². The maximum atomic E-state index is 9.30. The molecule has 1 heterocycles. The van der Waals surface area contributed by atoms with Gasteiger partial charge >= 0.3 is 0 Å². The Hall–Kier alpha value is -5.90. The van der Waals surface area contributed by atoms with Crippen LogP contribution in [-0.2, 0) is 0 Å². The van der Waals surface area contributed by atoms with Crippen LogP contribution in [-0.4, -0.2) is 0 Å². The van der Waals surface area contributed by atoms with Crippen LogP contribution < -0.4 is 0 Å². The zero-order chi connectivity index (χ0) is 27.8. The molecule has 6 aromatic carbocycles. The molecule has 0 saturated carbocycles. The highest BCUT2D eigenvalue weighted by atomic mass is 16.3. The highest BCUT2D eigenvalue weighted by Gasteiger charge is 2.12. The van der Waals surface area contributed by atoms with Crippen LogP contribution in [0.4, 0.5) is 0 Å². The highest BCUT2D eigenvalue weighted by molar-refractivity contribution is 6.06. The molecule has 7 aromatic rings. The van der Waals surface area contributed by atoms with E-state index in [1.54, 1.807) is 6.07 Å². The van der Waals surface area contributed by atoms with Crippen molar-refractivity contribution in [3.63, 3.8) is 0 Å². The van der Waals surface area contributed by atoms with E-state index in [1.807, 2.05) is 42.5 Å². The summed E-state index contributed by atoms with van der Waals surface area (Å²) in [7, 11) is 0. The third kappa shape index (κ3) is 4.53. The van der Waals surface area contributed by atoms with Gasteiger partial charge in [0, 0.05) is 10.8 Å². The van der Waals surface area contributed by atoms with E-state index in [1.165, 1.54) is 11.1 Å². The molecule has 0 aliphatic heterocycles. The summed E-state index contributed by atoms with van der Waals surface area (Å²) in [6, 6.07) is 49.5. The molecule has 0 amide bonds. The molecule has 0 saturated heterocycles. The molecule has 0 N–H and O–H groups in total. The van der Waals surface area contributed by atoms with Crippen LogP contribution in [0.2, 0.25) is 0 Å². The molecule has 0 unspecified atom stereocenters. The monoisotopic (exact) mass is 522 g/mol. The average Bonchev–Trinajstić information content (AvgIpc) is 3.42. The quantitative estimate of drug-likeness (QED) is 0.231. The second-order valence-electron chi connectivity index (χ2n) is 10.1. The lowest BCUT2D eigenvalue weighted by Gasteiger charge is -2.12. The fourth-order valence-corrected chi connectivity index (χ4v) is 5.38. The number of nitrogens with zero attached hydrogens (tertiary/aromatic N) is 2. The first-order valence-corrected chi connectivity index (χ1v) is 13.4. The van der Waals surface area contributed by atoms with Crippen LogP contribution in [0.5, 0.6) is 0 Å². The third-order valence-corrected chi connectivity index (χ3v) is 7.54. The Kier molecular flexibility index (Phi) is 5.90. The zero-order valence-electron chi connectivity index (χ0n) is 22.0. The summed E-state index contributed by atoms with van der Waals surface area (Å²) in [5, 5.41) is 20.6. The topological polar surface area (TPSA) is 60.7 Å². The van der Waals surface area contributed by atoms with E-state index in [0.29, 0.717) is 16.7 Å².